The quantitative estimate of drug-likeness (QED) is 0.636. The third-order valence-corrected chi connectivity index (χ3v) is 2.58. The Labute approximate surface area is 76.2 Å². The number of nitrogens with two attached hydrogens (primary N) is 1. The summed E-state index contributed by atoms with van der Waals surface area (Å²) < 4.78 is 0. The van der Waals surface area contributed by atoms with E-state index < -0.39 is 0 Å². The summed E-state index contributed by atoms with van der Waals surface area (Å²) in [5, 5.41) is 8.91. The van der Waals surface area contributed by atoms with Crippen molar-refractivity contribution in [2.75, 3.05) is 6.61 Å². The fourth-order valence-corrected chi connectivity index (χ4v) is 1.50. The summed E-state index contributed by atoms with van der Waals surface area (Å²) in [5.74, 6) is 0.809. The molecule has 0 atom stereocenters. The van der Waals surface area contributed by atoms with Gasteiger partial charge in [0.2, 0.25) is 0 Å². The van der Waals surface area contributed by atoms with Crippen LogP contribution >= 0.6 is 0 Å². The zero-order valence-electron chi connectivity index (χ0n) is 8.64. The number of aliphatic hydroxyl groups is 1. The summed E-state index contributed by atoms with van der Waals surface area (Å²) in [5.41, 5.74) is 5.63. The third-order valence-electron chi connectivity index (χ3n) is 2.58. The van der Waals surface area contributed by atoms with E-state index in [4.69, 9.17) is 10.8 Å². The molecule has 0 spiro atoms. The van der Waals surface area contributed by atoms with Crippen molar-refractivity contribution in [3.8, 4) is 0 Å². The van der Waals surface area contributed by atoms with E-state index in [1.54, 1.807) is 0 Å². The van der Waals surface area contributed by atoms with Crippen LogP contribution in [-0.2, 0) is 0 Å². The fraction of sp³-hybridized carbons (Fsp3) is 1.00. The largest absolute Gasteiger partial charge is 0.394 e. The average molecular weight is 173 g/mol. The molecule has 2 heteroatoms. The van der Waals surface area contributed by atoms with Crippen LogP contribution < -0.4 is 5.73 Å². The minimum absolute atomic E-state index is 0.153. The van der Waals surface area contributed by atoms with Crippen LogP contribution in [0.25, 0.3) is 0 Å². The Balaban J connectivity index is 0.000000561. The summed E-state index contributed by atoms with van der Waals surface area (Å²) in [7, 11) is 0. The molecule has 1 aliphatic carbocycles. The van der Waals surface area contributed by atoms with E-state index in [0.29, 0.717) is 0 Å². The van der Waals surface area contributed by atoms with Crippen molar-refractivity contribution >= 4 is 0 Å². The number of hydrogen-bond donors (Lipinski definition) is 2. The minimum Gasteiger partial charge on any atom is -0.394 e. The topological polar surface area (TPSA) is 46.2 Å². The number of hydrogen-bond acceptors (Lipinski definition) is 2. The van der Waals surface area contributed by atoms with E-state index in [9.17, 15) is 0 Å². The molecule has 0 aliphatic heterocycles. The monoisotopic (exact) mass is 173 g/mol. The van der Waals surface area contributed by atoms with Gasteiger partial charge in [0.15, 0.2) is 0 Å². The van der Waals surface area contributed by atoms with Gasteiger partial charge in [-0.3, -0.25) is 0 Å². The highest BCUT2D eigenvalue weighted by atomic mass is 16.3. The van der Waals surface area contributed by atoms with Crippen molar-refractivity contribution in [2.45, 2.75) is 52.0 Å². The summed E-state index contributed by atoms with van der Waals surface area (Å²) in [6.45, 7) is 6.40. The van der Waals surface area contributed by atoms with Gasteiger partial charge in [-0.25, -0.2) is 0 Å². The van der Waals surface area contributed by atoms with Gasteiger partial charge in [-0.05, 0) is 31.6 Å². The minimum atomic E-state index is -0.244. The first-order chi connectivity index (χ1) is 5.66. The third kappa shape index (κ3) is 3.55. The molecule has 12 heavy (non-hydrogen) atoms. The maximum Gasteiger partial charge on any atom is 0.0611 e. The van der Waals surface area contributed by atoms with Crippen LogP contribution in [0.1, 0.15) is 46.5 Å². The van der Waals surface area contributed by atoms with Gasteiger partial charge in [0.05, 0.1) is 6.61 Å². The highest BCUT2D eigenvalue weighted by Crippen LogP contribution is 2.29. The van der Waals surface area contributed by atoms with Gasteiger partial charge in [-0.2, -0.15) is 0 Å². The molecule has 0 aromatic rings. The van der Waals surface area contributed by atoms with Gasteiger partial charge < -0.3 is 10.8 Å². The molecule has 0 amide bonds. The van der Waals surface area contributed by atoms with Crippen molar-refractivity contribution in [1.29, 1.82) is 0 Å². The second-order valence-corrected chi connectivity index (χ2v) is 3.70. The van der Waals surface area contributed by atoms with Gasteiger partial charge in [0.1, 0.15) is 0 Å². The Morgan fingerprint density at radius 1 is 1.33 bits per heavy atom. The van der Waals surface area contributed by atoms with Crippen molar-refractivity contribution in [3.05, 3.63) is 0 Å². The molecular formula is C10H23NO. The smallest absolute Gasteiger partial charge is 0.0611 e. The first-order valence-electron chi connectivity index (χ1n) is 5.06. The van der Waals surface area contributed by atoms with E-state index in [1.165, 1.54) is 12.8 Å². The standard InChI is InChI=1S/C8H17NO.C2H6/c1-7-2-4-8(9,6-10)5-3-7;1-2/h7,10H,2-6,9H2,1H3;1-2H3. The normalized spacial score (nSPS) is 35.2. The van der Waals surface area contributed by atoms with Crippen LogP contribution in [0.4, 0.5) is 0 Å². The molecule has 0 aromatic carbocycles. The Bertz CT molecular complexity index is 106. The van der Waals surface area contributed by atoms with Crippen molar-refractivity contribution in [2.24, 2.45) is 11.7 Å². The SMILES string of the molecule is CC.CC1CCC(N)(CO)CC1. The predicted molar refractivity (Wildman–Crippen MR) is 53.0 cm³/mol. The zero-order valence-corrected chi connectivity index (χ0v) is 8.64. The van der Waals surface area contributed by atoms with Gasteiger partial charge in [-0.1, -0.05) is 20.8 Å². The van der Waals surface area contributed by atoms with Crippen LogP contribution in [0.15, 0.2) is 0 Å². The van der Waals surface area contributed by atoms with Gasteiger partial charge in [0.25, 0.3) is 0 Å². The summed E-state index contributed by atoms with van der Waals surface area (Å²) in [6, 6.07) is 0. The fourth-order valence-electron chi connectivity index (χ4n) is 1.50. The second-order valence-electron chi connectivity index (χ2n) is 3.70. The lowest BCUT2D eigenvalue weighted by atomic mass is 9.78. The number of aliphatic hydroxyl groups excluding tert-OH is 1. The molecule has 74 valence electrons. The lowest BCUT2D eigenvalue weighted by molar-refractivity contribution is 0.140. The van der Waals surface area contributed by atoms with Crippen molar-refractivity contribution < 1.29 is 5.11 Å². The molecular weight excluding hydrogens is 150 g/mol. The Kier molecular flexibility index (Phi) is 5.51. The summed E-state index contributed by atoms with van der Waals surface area (Å²) in [4.78, 5) is 0. The molecule has 2 nitrogen and oxygen atoms in total. The lowest BCUT2D eigenvalue weighted by Crippen LogP contribution is -2.46. The molecule has 0 unspecified atom stereocenters. The van der Waals surface area contributed by atoms with Crippen LogP contribution in [0.3, 0.4) is 0 Å². The first-order valence-corrected chi connectivity index (χ1v) is 5.06. The average Bonchev–Trinajstić information content (AvgIpc) is 2.14. The van der Waals surface area contributed by atoms with E-state index in [2.05, 4.69) is 6.92 Å². The van der Waals surface area contributed by atoms with E-state index in [0.717, 1.165) is 18.8 Å². The Morgan fingerprint density at radius 3 is 2.08 bits per heavy atom. The molecule has 1 fully saturated rings. The van der Waals surface area contributed by atoms with Crippen LogP contribution in [-0.4, -0.2) is 17.3 Å². The Hall–Kier alpha value is -0.0800. The molecule has 0 bridgehead atoms. The first kappa shape index (κ1) is 11.9. The molecule has 3 N–H and O–H groups in total. The van der Waals surface area contributed by atoms with Gasteiger partial charge >= 0.3 is 0 Å². The molecule has 0 heterocycles. The molecule has 0 saturated heterocycles. The number of rotatable bonds is 1. The molecule has 1 saturated carbocycles. The Morgan fingerprint density at radius 2 is 1.75 bits per heavy atom. The summed E-state index contributed by atoms with van der Waals surface area (Å²) >= 11 is 0. The van der Waals surface area contributed by atoms with Crippen LogP contribution in [0.2, 0.25) is 0 Å². The van der Waals surface area contributed by atoms with E-state index >= 15 is 0 Å². The second kappa shape index (κ2) is 5.55. The molecule has 0 aromatic heterocycles. The highest BCUT2D eigenvalue weighted by Gasteiger charge is 2.28. The lowest BCUT2D eigenvalue weighted by Gasteiger charge is -2.34. The van der Waals surface area contributed by atoms with Gasteiger partial charge in [-0.15, -0.1) is 0 Å². The zero-order chi connectivity index (χ0) is 9.61. The molecule has 0 radical (unpaired) electrons. The van der Waals surface area contributed by atoms with Crippen LogP contribution in [0.5, 0.6) is 0 Å². The summed E-state index contributed by atoms with van der Waals surface area (Å²) in [6.07, 6.45) is 4.34. The maximum atomic E-state index is 8.91. The van der Waals surface area contributed by atoms with Gasteiger partial charge in [0, 0.05) is 5.54 Å². The molecule has 1 rings (SSSR count). The van der Waals surface area contributed by atoms with Crippen molar-refractivity contribution in [3.63, 3.8) is 0 Å². The van der Waals surface area contributed by atoms with Crippen molar-refractivity contribution in [1.82, 2.24) is 0 Å². The predicted octanol–water partition coefficient (Wildman–Crippen LogP) is 1.91. The maximum absolute atomic E-state index is 8.91. The van der Waals surface area contributed by atoms with E-state index in [1.807, 2.05) is 13.8 Å². The van der Waals surface area contributed by atoms with E-state index in [-0.39, 0.29) is 12.1 Å². The molecule has 1 aliphatic rings. The van der Waals surface area contributed by atoms with Crippen LogP contribution in [0, 0.1) is 5.92 Å². The highest BCUT2D eigenvalue weighted by molar-refractivity contribution is 4.87.